The van der Waals surface area contributed by atoms with Crippen LogP contribution in [-0.2, 0) is 9.47 Å². The Labute approximate surface area is 83.9 Å². The molecule has 0 aromatic rings. The van der Waals surface area contributed by atoms with Crippen LogP contribution >= 0.6 is 0 Å². The second-order valence-corrected chi connectivity index (χ2v) is 3.43. The first-order chi connectivity index (χ1) is 6.79. The second kappa shape index (κ2) is 6.62. The molecule has 5 nitrogen and oxygen atoms in total. The van der Waals surface area contributed by atoms with Crippen LogP contribution in [0.3, 0.4) is 0 Å². The molecule has 0 spiro atoms. The van der Waals surface area contributed by atoms with Gasteiger partial charge in [-0.15, -0.1) is 0 Å². The highest BCUT2D eigenvalue weighted by Crippen LogP contribution is 2.12. The monoisotopic (exact) mass is 202 g/mol. The Kier molecular flexibility index (Phi) is 5.32. The van der Waals surface area contributed by atoms with E-state index in [4.69, 9.17) is 10.5 Å². The summed E-state index contributed by atoms with van der Waals surface area (Å²) in [5.74, 6) is 0.692. The second-order valence-electron chi connectivity index (χ2n) is 3.43. The van der Waals surface area contributed by atoms with Crippen molar-refractivity contribution >= 4 is 6.09 Å². The zero-order chi connectivity index (χ0) is 10.2. The van der Waals surface area contributed by atoms with E-state index < -0.39 is 6.09 Å². The van der Waals surface area contributed by atoms with Crippen molar-refractivity contribution in [1.82, 2.24) is 5.32 Å². The molecule has 1 heterocycles. The van der Waals surface area contributed by atoms with Gasteiger partial charge in [0.25, 0.3) is 0 Å². The summed E-state index contributed by atoms with van der Waals surface area (Å²) in [5, 5.41) is 3.22. The maximum Gasteiger partial charge on any atom is 0.404 e. The Morgan fingerprint density at radius 3 is 2.86 bits per heavy atom. The summed E-state index contributed by atoms with van der Waals surface area (Å²) in [6, 6.07) is 0. The van der Waals surface area contributed by atoms with Crippen molar-refractivity contribution in [3.8, 4) is 0 Å². The Morgan fingerprint density at radius 1 is 1.50 bits per heavy atom. The number of carbonyl (C=O) groups excluding carboxylic acids is 1. The molecule has 0 aromatic heterocycles. The maximum absolute atomic E-state index is 10.2. The predicted molar refractivity (Wildman–Crippen MR) is 51.9 cm³/mol. The van der Waals surface area contributed by atoms with Crippen LogP contribution in [0.4, 0.5) is 4.79 Å². The summed E-state index contributed by atoms with van der Waals surface area (Å²) in [5.41, 5.74) is 4.81. The molecule has 1 rings (SSSR count). The predicted octanol–water partition coefficient (Wildman–Crippen LogP) is 0.0979. The Morgan fingerprint density at radius 2 is 2.21 bits per heavy atom. The van der Waals surface area contributed by atoms with E-state index in [1.54, 1.807) is 0 Å². The summed E-state index contributed by atoms with van der Waals surface area (Å²) in [7, 11) is 0. The van der Waals surface area contributed by atoms with Gasteiger partial charge in [0.1, 0.15) is 6.61 Å². The molecule has 5 heteroatoms. The van der Waals surface area contributed by atoms with Crippen LogP contribution < -0.4 is 11.1 Å². The molecule has 0 aromatic carbocycles. The van der Waals surface area contributed by atoms with Crippen molar-refractivity contribution in [2.75, 3.05) is 32.9 Å². The van der Waals surface area contributed by atoms with Crippen molar-refractivity contribution in [2.45, 2.75) is 12.8 Å². The van der Waals surface area contributed by atoms with Gasteiger partial charge in [0.15, 0.2) is 0 Å². The lowest BCUT2D eigenvalue weighted by Gasteiger charge is -2.22. The number of nitrogens with two attached hydrogens (primary N) is 1. The number of carbonyl (C=O) groups is 1. The fourth-order valence-corrected chi connectivity index (χ4v) is 1.48. The highest BCUT2D eigenvalue weighted by atomic mass is 16.5. The lowest BCUT2D eigenvalue weighted by atomic mass is 10.0. The Hall–Kier alpha value is -0.810. The van der Waals surface area contributed by atoms with Crippen LogP contribution in [0.5, 0.6) is 0 Å². The molecular formula is C9H18N2O3. The van der Waals surface area contributed by atoms with Gasteiger partial charge in [0.05, 0.1) is 0 Å². The first kappa shape index (κ1) is 11.3. The van der Waals surface area contributed by atoms with Crippen molar-refractivity contribution < 1.29 is 14.3 Å². The molecule has 0 saturated carbocycles. The summed E-state index contributed by atoms with van der Waals surface area (Å²) < 4.78 is 9.83. The normalized spacial score (nSPS) is 18.0. The zero-order valence-electron chi connectivity index (χ0n) is 8.33. The van der Waals surface area contributed by atoms with Gasteiger partial charge < -0.3 is 20.5 Å². The third kappa shape index (κ3) is 5.04. The minimum absolute atomic E-state index is 0.346. The number of primary amides is 1. The van der Waals surface area contributed by atoms with Gasteiger partial charge in [-0.05, 0) is 25.3 Å². The molecule has 1 aliphatic heterocycles. The van der Waals surface area contributed by atoms with Crippen molar-refractivity contribution in [2.24, 2.45) is 11.7 Å². The largest absolute Gasteiger partial charge is 0.448 e. The van der Waals surface area contributed by atoms with Gasteiger partial charge in [0, 0.05) is 19.8 Å². The minimum Gasteiger partial charge on any atom is -0.448 e. The third-order valence-corrected chi connectivity index (χ3v) is 2.30. The molecule has 1 saturated heterocycles. The molecule has 0 bridgehead atoms. The van der Waals surface area contributed by atoms with Crippen LogP contribution in [0.15, 0.2) is 0 Å². The Bertz CT molecular complexity index is 169. The lowest BCUT2D eigenvalue weighted by Crippen LogP contribution is -2.30. The molecule has 0 unspecified atom stereocenters. The van der Waals surface area contributed by atoms with E-state index in [1.807, 2.05) is 0 Å². The van der Waals surface area contributed by atoms with E-state index in [-0.39, 0.29) is 0 Å². The minimum atomic E-state index is -0.710. The number of amides is 1. The average Bonchev–Trinajstić information content (AvgIpc) is 2.18. The van der Waals surface area contributed by atoms with Crippen molar-refractivity contribution in [1.29, 1.82) is 0 Å². The summed E-state index contributed by atoms with van der Waals surface area (Å²) in [6.45, 7) is 3.71. The molecule has 3 N–H and O–H groups in total. The number of nitrogens with one attached hydrogen (secondary N) is 1. The fraction of sp³-hybridized carbons (Fsp3) is 0.889. The zero-order valence-corrected chi connectivity index (χ0v) is 8.33. The SMILES string of the molecule is NC(=O)OCCNCC1CCOCC1. The molecule has 1 amide bonds. The van der Waals surface area contributed by atoms with Gasteiger partial charge in [-0.2, -0.15) is 0 Å². The topological polar surface area (TPSA) is 73.6 Å². The molecule has 0 atom stereocenters. The van der Waals surface area contributed by atoms with Gasteiger partial charge in [-0.25, -0.2) is 4.79 Å². The molecular weight excluding hydrogens is 184 g/mol. The third-order valence-electron chi connectivity index (χ3n) is 2.30. The van der Waals surface area contributed by atoms with E-state index in [0.29, 0.717) is 19.1 Å². The molecule has 0 radical (unpaired) electrons. The highest BCUT2D eigenvalue weighted by molar-refractivity contribution is 5.64. The van der Waals surface area contributed by atoms with E-state index in [2.05, 4.69) is 10.1 Å². The molecule has 14 heavy (non-hydrogen) atoms. The van der Waals surface area contributed by atoms with Gasteiger partial charge in [-0.3, -0.25) is 0 Å². The molecule has 1 aliphatic rings. The van der Waals surface area contributed by atoms with Crippen LogP contribution in [-0.4, -0.2) is 39.0 Å². The molecule has 1 fully saturated rings. The maximum atomic E-state index is 10.2. The first-order valence-electron chi connectivity index (χ1n) is 4.99. The summed E-state index contributed by atoms with van der Waals surface area (Å²) >= 11 is 0. The quantitative estimate of drug-likeness (QED) is 0.620. The van der Waals surface area contributed by atoms with E-state index in [1.165, 1.54) is 0 Å². The van der Waals surface area contributed by atoms with Crippen molar-refractivity contribution in [3.05, 3.63) is 0 Å². The number of rotatable bonds is 5. The number of ether oxygens (including phenoxy) is 2. The summed E-state index contributed by atoms with van der Waals surface area (Å²) in [6.07, 6.45) is 1.52. The van der Waals surface area contributed by atoms with Crippen molar-refractivity contribution in [3.63, 3.8) is 0 Å². The Balaban J connectivity index is 1.90. The van der Waals surface area contributed by atoms with Gasteiger partial charge in [0.2, 0.25) is 0 Å². The van der Waals surface area contributed by atoms with Crippen LogP contribution in [0, 0.1) is 5.92 Å². The molecule has 0 aliphatic carbocycles. The van der Waals surface area contributed by atoms with Crippen LogP contribution in [0.25, 0.3) is 0 Å². The van der Waals surface area contributed by atoms with Crippen LogP contribution in [0.2, 0.25) is 0 Å². The first-order valence-corrected chi connectivity index (χ1v) is 4.99. The van der Waals surface area contributed by atoms with Gasteiger partial charge >= 0.3 is 6.09 Å². The molecule has 82 valence electrons. The van der Waals surface area contributed by atoms with E-state index in [9.17, 15) is 4.79 Å². The lowest BCUT2D eigenvalue weighted by molar-refractivity contribution is 0.0659. The number of hydrogen-bond donors (Lipinski definition) is 2. The highest BCUT2D eigenvalue weighted by Gasteiger charge is 2.12. The average molecular weight is 202 g/mol. The van der Waals surface area contributed by atoms with E-state index in [0.717, 1.165) is 32.6 Å². The van der Waals surface area contributed by atoms with Crippen LogP contribution in [0.1, 0.15) is 12.8 Å². The number of hydrogen-bond acceptors (Lipinski definition) is 4. The summed E-state index contributed by atoms with van der Waals surface area (Å²) in [4.78, 5) is 10.2. The smallest absolute Gasteiger partial charge is 0.404 e. The van der Waals surface area contributed by atoms with Gasteiger partial charge in [-0.1, -0.05) is 0 Å². The van der Waals surface area contributed by atoms with E-state index >= 15 is 0 Å². The fourth-order valence-electron chi connectivity index (χ4n) is 1.48. The standard InChI is InChI=1S/C9H18N2O3/c10-9(12)14-6-3-11-7-8-1-4-13-5-2-8/h8,11H,1-7H2,(H2,10,12).